The normalized spacial score (nSPS) is 12.2. The summed E-state index contributed by atoms with van der Waals surface area (Å²) >= 11 is 0. The van der Waals surface area contributed by atoms with Gasteiger partial charge in [0.15, 0.2) is 17.4 Å². The van der Waals surface area contributed by atoms with Gasteiger partial charge in [0.2, 0.25) is 0 Å². The molecule has 0 aliphatic heterocycles. The van der Waals surface area contributed by atoms with Crippen molar-refractivity contribution in [3.05, 3.63) is 119 Å². The highest BCUT2D eigenvalue weighted by molar-refractivity contribution is 5.71. The number of ether oxygens (including phenoxy) is 2. The highest BCUT2D eigenvalue weighted by Crippen LogP contribution is 2.39. The number of hydrogen-bond donors (Lipinski definition) is 0. The summed E-state index contributed by atoms with van der Waals surface area (Å²) in [6.45, 7) is 2.03. The van der Waals surface area contributed by atoms with E-state index in [9.17, 15) is 43.9 Å². The Balaban J connectivity index is 1.58. The summed E-state index contributed by atoms with van der Waals surface area (Å²) in [6, 6.07) is 12.3. The van der Waals surface area contributed by atoms with Crippen molar-refractivity contribution >= 4 is 0 Å². The van der Waals surface area contributed by atoms with E-state index in [1.807, 2.05) is 19.1 Å². The van der Waals surface area contributed by atoms with Gasteiger partial charge in [-0.2, -0.15) is 22.0 Å². The fourth-order valence-electron chi connectivity index (χ4n) is 4.17. The molecule has 0 atom stereocenters. The third-order valence-electron chi connectivity index (χ3n) is 6.10. The zero-order valence-corrected chi connectivity index (χ0v) is 22.0. The van der Waals surface area contributed by atoms with Gasteiger partial charge in [-0.15, -0.1) is 0 Å². The Morgan fingerprint density at radius 3 is 1.74 bits per heavy atom. The summed E-state index contributed by atoms with van der Waals surface area (Å²) in [5.74, 6) is -10.7. The number of hydrogen-bond acceptors (Lipinski definition) is 2. The minimum atomic E-state index is -4.86. The molecule has 0 unspecified atom stereocenters. The average molecular weight is 614 g/mol. The number of benzene rings is 4. The molecule has 0 heterocycles. The molecule has 0 aliphatic rings. The molecule has 0 aromatic heterocycles. The van der Waals surface area contributed by atoms with Crippen molar-refractivity contribution in [1.82, 2.24) is 0 Å². The molecule has 0 saturated heterocycles. The van der Waals surface area contributed by atoms with Crippen LogP contribution in [0.1, 0.15) is 24.5 Å². The van der Waals surface area contributed by atoms with Crippen molar-refractivity contribution in [3.8, 4) is 33.8 Å². The van der Waals surface area contributed by atoms with Crippen LogP contribution < -0.4 is 9.47 Å². The largest absolute Gasteiger partial charge is 0.459 e. The molecule has 0 radical (unpaired) electrons. The molecule has 4 aromatic rings. The molecule has 4 aromatic carbocycles. The minimum absolute atomic E-state index is 0.0794. The highest BCUT2D eigenvalue weighted by Gasteiger charge is 2.41. The quantitative estimate of drug-likeness (QED) is 0.138. The van der Waals surface area contributed by atoms with E-state index in [2.05, 4.69) is 9.47 Å². The maximum atomic E-state index is 15.0. The van der Waals surface area contributed by atoms with Crippen LogP contribution in [0.4, 0.5) is 43.9 Å². The topological polar surface area (TPSA) is 18.5 Å². The molecule has 0 bridgehead atoms. The summed E-state index contributed by atoms with van der Waals surface area (Å²) in [5, 5.41) is 0. The molecule has 0 spiro atoms. The number of halogens is 10. The van der Waals surface area contributed by atoms with Crippen LogP contribution in [0.2, 0.25) is 0 Å². The first-order valence-corrected chi connectivity index (χ1v) is 12.5. The van der Waals surface area contributed by atoms with Crippen molar-refractivity contribution in [1.29, 1.82) is 0 Å². The van der Waals surface area contributed by atoms with Crippen LogP contribution in [0.5, 0.6) is 11.5 Å². The first kappa shape index (κ1) is 31.5. The fraction of sp³-hybridized carbons (Fsp3) is 0.161. The highest BCUT2D eigenvalue weighted by atomic mass is 19.4. The summed E-state index contributed by atoms with van der Waals surface area (Å²) in [4.78, 5) is 0. The second-order valence-corrected chi connectivity index (χ2v) is 9.25. The zero-order chi connectivity index (χ0) is 31.5. The van der Waals surface area contributed by atoms with Crippen molar-refractivity contribution in [2.45, 2.75) is 32.1 Å². The molecule has 0 saturated carbocycles. The van der Waals surface area contributed by atoms with Crippen LogP contribution in [0, 0.1) is 29.1 Å². The predicted molar refractivity (Wildman–Crippen MR) is 138 cm³/mol. The van der Waals surface area contributed by atoms with Crippen molar-refractivity contribution in [3.63, 3.8) is 0 Å². The van der Waals surface area contributed by atoms with E-state index in [1.165, 1.54) is 12.1 Å². The van der Waals surface area contributed by atoms with Crippen molar-refractivity contribution in [2.24, 2.45) is 0 Å². The van der Waals surface area contributed by atoms with Crippen molar-refractivity contribution in [2.75, 3.05) is 0 Å². The summed E-state index contributed by atoms with van der Waals surface area (Å²) in [6.07, 6.45) is -8.45. The Hall–Kier alpha value is -4.48. The second-order valence-electron chi connectivity index (χ2n) is 9.25. The van der Waals surface area contributed by atoms with E-state index in [0.29, 0.717) is 23.3 Å². The van der Waals surface area contributed by atoms with Gasteiger partial charge in [-0.25, -0.2) is 22.0 Å². The fourth-order valence-corrected chi connectivity index (χ4v) is 4.17. The van der Waals surface area contributed by atoms with Crippen LogP contribution in [-0.2, 0) is 12.5 Å². The zero-order valence-electron chi connectivity index (χ0n) is 22.0. The average Bonchev–Trinajstić information content (AvgIpc) is 2.89. The van der Waals surface area contributed by atoms with Crippen LogP contribution in [0.25, 0.3) is 22.3 Å². The molecule has 226 valence electrons. The monoisotopic (exact) mass is 614 g/mol. The van der Waals surface area contributed by atoms with Gasteiger partial charge in [-0.1, -0.05) is 49.7 Å². The SMILES string of the molecule is CCCc1ccc(-c2ccc(-c3cc(F)c(C(F)(F)Oc4cc(F)c(O/C=C\C(F)(F)F)c(F)c4)c(F)c3)c(F)c2)cc1. The lowest BCUT2D eigenvalue weighted by Crippen LogP contribution is -2.25. The van der Waals surface area contributed by atoms with Crippen LogP contribution in [-0.4, -0.2) is 6.18 Å². The second kappa shape index (κ2) is 12.4. The molecule has 43 heavy (non-hydrogen) atoms. The van der Waals surface area contributed by atoms with Gasteiger partial charge in [0.05, 0.1) is 12.3 Å². The van der Waals surface area contributed by atoms with Gasteiger partial charge in [0, 0.05) is 17.7 Å². The molecule has 4 rings (SSSR count). The van der Waals surface area contributed by atoms with Crippen molar-refractivity contribution < 1.29 is 53.4 Å². The molecular weight excluding hydrogens is 594 g/mol. The molecule has 2 nitrogen and oxygen atoms in total. The molecular formula is C31H20F10O2. The van der Waals surface area contributed by atoms with E-state index < -0.39 is 70.1 Å². The molecule has 0 aliphatic carbocycles. The van der Waals surface area contributed by atoms with Gasteiger partial charge in [-0.3, -0.25) is 0 Å². The van der Waals surface area contributed by atoms with Gasteiger partial charge in [0.1, 0.15) is 28.8 Å². The van der Waals surface area contributed by atoms with Crippen LogP contribution in [0.3, 0.4) is 0 Å². The van der Waals surface area contributed by atoms with E-state index in [4.69, 9.17) is 0 Å². The Morgan fingerprint density at radius 2 is 1.21 bits per heavy atom. The Labute approximate surface area is 238 Å². The molecule has 0 N–H and O–H groups in total. The lowest BCUT2D eigenvalue weighted by molar-refractivity contribution is -0.189. The third-order valence-corrected chi connectivity index (χ3v) is 6.10. The lowest BCUT2D eigenvalue weighted by Gasteiger charge is -2.20. The standard InChI is InChI=1S/C31H20F10O2/c1-2-3-17-4-6-18(7-5-17)19-8-9-22(23(32)12-19)20-13-24(33)28(25(34)14-20)31(40,41)43-21-15-26(35)29(27(36)16-21)42-11-10-30(37,38)39/h4-16H,2-3H2,1H3/b11-10-. The smallest absolute Gasteiger partial charge is 0.432 e. The number of allylic oxidation sites excluding steroid dienone is 1. The first-order valence-electron chi connectivity index (χ1n) is 12.5. The summed E-state index contributed by atoms with van der Waals surface area (Å²) in [5.41, 5.74) is -0.404. The van der Waals surface area contributed by atoms with Gasteiger partial charge < -0.3 is 9.47 Å². The third kappa shape index (κ3) is 7.49. The van der Waals surface area contributed by atoms with Crippen LogP contribution in [0.15, 0.2) is 79.1 Å². The number of aryl methyl sites for hydroxylation is 1. The minimum Gasteiger partial charge on any atom is -0.459 e. The van der Waals surface area contributed by atoms with E-state index >= 15 is 0 Å². The maximum absolute atomic E-state index is 15.0. The maximum Gasteiger partial charge on any atom is 0.432 e. The summed E-state index contributed by atoms with van der Waals surface area (Å²) < 4.78 is 147. The van der Waals surface area contributed by atoms with Gasteiger partial charge in [-0.05, 0) is 46.9 Å². The molecule has 12 heteroatoms. The first-order chi connectivity index (χ1) is 20.2. The van der Waals surface area contributed by atoms with E-state index in [-0.39, 0.29) is 24.0 Å². The number of rotatable bonds is 9. The summed E-state index contributed by atoms with van der Waals surface area (Å²) in [7, 11) is 0. The van der Waals surface area contributed by atoms with Gasteiger partial charge >= 0.3 is 12.3 Å². The Bertz CT molecular complexity index is 1600. The van der Waals surface area contributed by atoms with Gasteiger partial charge in [0.25, 0.3) is 0 Å². The molecule has 0 amide bonds. The Morgan fingerprint density at radius 1 is 0.651 bits per heavy atom. The van der Waals surface area contributed by atoms with E-state index in [1.54, 1.807) is 12.1 Å². The van der Waals surface area contributed by atoms with E-state index in [0.717, 1.165) is 24.5 Å². The Kier molecular flexibility index (Phi) is 9.07. The van der Waals surface area contributed by atoms with Crippen LogP contribution >= 0.6 is 0 Å². The number of alkyl halides is 5. The molecule has 0 fully saturated rings. The lowest BCUT2D eigenvalue weighted by atomic mass is 9.97. The predicted octanol–water partition coefficient (Wildman–Crippen LogP) is 10.3.